The monoisotopic (exact) mass is 262 g/mol. The number of hydrogen-bond donors (Lipinski definition) is 3. The maximum atomic E-state index is 10.4. The summed E-state index contributed by atoms with van der Waals surface area (Å²) in [7, 11) is -4.66. The van der Waals surface area contributed by atoms with Crippen LogP contribution in [0.15, 0.2) is 0 Å². The van der Waals surface area contributed by atoms with E-state index in [1.807, 2.05) is 0 Å². The van der Waals surface area contributed by atoms with Crippen LogP contribution in [-0.4, -0.2) is 50.7 Å². The van der Waals surface area contributed by atoms with Gasteiger partial charge in [-0.05, 0) is 32.4 Å². The van der Waals surface area contributed by atoms with Crippen molar-refractivity contribution in [2.45, 2.75) is 31.3 Å². The predicted molar refractivity (Wildman–Crippen MR) is 56.3 cm³/mol. The summed E-state index contributed by atoms with van der Waals surface area (Å²) in [6.45, 7) is 0. The smallest absolute Gasteiger partial charge is 0.748 e. The minimum absolute atomic E-state index is 0. The maximum absolute atomic E-state index is 10.4. The minimum atomic E-state index is -4.15. The standard InChI is InChI=1S/C7H18NO5SSi.Li/c1-8-7(3-2-6-15(12)13)4-5-14(9,10)11;/h7-8,12-13H,2-6H2,1H3,(H,9,10,11);/q;+1/p-1. The molecule has 1 radical (unpaired) electrons. The second kappa shape index (κ2) is 9.62. The summed E-state index contributed by atoms with van der Waals surface area (Å²) in [5, 5.41) is 2.89. The number of rotatable bonds is 8. The van der Waals surface area contributed by atoms with Crippen LogP contribution in [0.5, 0.6) is 0 Å². The molecule has 0 spiro atoms. The fourth-order valence-corrected chi connectivity index (χ4v) is 2.32. The van der Waals surface area contributed by atoms with Crippen molar-refractivity contribution in [1.82, 2.24) is 5.32 Å². The van der Waals surface area contributed by atoms with Gasteiger partial charge in [-0.15, -0.1) is 0 Å². The first-order valence-corrected chi connectivity index (χ1v) is 7.87. The van der Waals surface area contributed by atoms with Crippen LogP contribution in [0.2, 0.25) is 6.04 Å². The van der Waals surface area contributed by atoms with Crippen molar-refractivity contribution in [2.75, 3.05) is 12.8 Å². The molecule has 0 saturated heterocycles. The molecular formula is C7H17LiNO5SSi. The van der Waals surface area contributed by atoms with Gasteiger partial charge < -0.3 is 19.5 Å². The van der Waals surface area contributed by atoms with Crippen molar-refractivity contribution >= 4 is 19.4 Å². The Balaban J connectivity index is 0. The van der Waals surface area contributed by atoms with Gasteiger partial charge in [0, 0.05) is 11.8 Å². The van der Waals surface area contributed by atoms with Crippen LogP contribution in [0.3, 0.4) is 0 Å². The molecule has 1 unspecified atom stereocenters. The van der Waals surface area contributed by atoms with E-state index >= 15 is 0 Å². The van der Waals surface area contributed by atoms with E-state index in [4.69, 9.17) is 9.59 Å². The molecule has 0 aromatic carbocycles. The van der Waals surface area contributed by atoms with Crippen LogP contribution >= 0.6 is 0 Å². The molecule has 91 valence electrons. The second-order valence-electron chi connectivity index (χ2n) is 3.34. The van der Waals surface area contributed by atoms with Crippen LogP contribution in [0.1, 0.15) is 19.3 Å². The van der Waals surface area contributed by atoms with Crippen molar-refractivity contribution in [3.8, 4) is 0 Å². The molecule has 0 rings (SSSR count). The van der Waals surface area contributed by atoms with E-state index in [2.05, 4.69) is 5.32 Å². The Hall–Kier alpha value is 0.604. The van der Waals surface area contributed by atoms with Gasteiger partial charge in [0.25, 0.3) is 0 Å². The summed E-state index contributed by atoms with van der Waals surface area (Å²) in [4.78, 5) is 17.4. The van der Waals surface area contributed by atoms with E-state index in [-0.39, 0.29) is 37.1 Å². The molecule has 16 heavy (non-hydrogen) atoms. The van der Waals surface area contributed by atoms with Crippen LogP contribution in [0.25, 0.3) is 0 Å². The third-order valence-corrected chi connectivity index (χ3v) is 3.61. The van der Waals surface area contributed by atoms with Gasteiger partial charge in [0.2, 0.25) is 0 Å². The quantitative estimate of drug-likeness (QED) is 0.302. The van der Waals surface area contributed by atoms with E-state index < -0.39 is 19.4 Å². The molecule has 0 aliphatic carbocycles. The molecule has 0 saturated carbocycles. The van der Waals surface area contributed by atoms with E-state index in [0.29, 0.717) is 18.9 Å². The molecule has 0 aromatic rings. The zero-order chi connectivity index (χ0) is 11.9. The molecule has 0 amide bonds. The summed E-state index contributed by atoms with van der Waals surface area (Å²) in [5.74, 6) is -0.380. The molecule has 0 aliphatic rings. The molecule has 3 N–H and O–H groups in total. The summed E-state index contributed by atoms with van der Waals surface area (Å²) >= 11 is 0. The SMILES string of the molecule is CNC(CCC[Si](O)O)CCS(=O)(=O)[O-].[Li+]. The van der Waals surface area contributed by atoms with E-state index in [1.165, 1.54) is 0 Å². The molecule has 0 aliphatic heterocycles. The maximum Gasteiger partial charge on any atom is 1.00 e. The van der Waals surface area contributed by atoms with E-state index in [9.17, 15) is 13.0 Å². The van der Waals surface area contributed by atoms with Crippen molar-refractivity contribution in [2.24, 2.45) is 0 Å². The van der Waals surface area contributed by atoms with E-state index in [0.717, 1.165) is 0 Å². The second-order valence-corrected chi connectivity index (χ2v) is 6.20. The van der Waals surface area contributed by atoms with Gasteiger partial charge in [0.05, 0.1) is 10.1 Å². The first kappa shape index (κ1) is 19.0. The molecule has 1 atom stereocenters. The summed E-state index contributed by atoms with van der Waals surface area (Å²) in [6, 6.07) is 0.294. The molecular weight excluding hydrogens is 245 g/mol. The molecule has 0 heterocycles. The molecule has 9 heteroatoms. The normalized spacial score (nSPS) is 13.6. The third kappa shape index (κ3) is 12.7. The Morgan fingerprint density at radius 1 is 1.38 bits per heavy atom. The van der Waals surface area contributed by atoms with Gasteiger partial charge in [0.15, 0.2) is 0 Å². The van der Waals surface area contributed by atoms with Gasteiger partial charge in [-0.3, -0.25) is 0 Å². The summed E-state index contributed by atoms with van der Waals surface area (Å²) in [5.41, 5.74) is 0. The van der Waals surface area contributed by atoms with Crippen molar-refractivity contribution in [1.29, 1.82) is 0 Å². The van der Waals surface area contributed by atoms with Gasteiger partial charge in [0.1, 0.15) is 0 Å². The molecule has 0 bridgehead atoms. The van der Waals surface area contributed by atoms with Crippen LogP contribution in [0, 0.1) is 0 Å². The van der Waals surface area contributed by atoms with Gasteiger partial charge >= 0.3 is 28.1 Å². The first-order valence-electron chi connectivity index (χ1n) is 4.69. The molecule has 6 nitrogen and oxygen atoms in total. The van der Waals surface area contributed by atoms with Gasteiger partial charge in [-0.25, -0.2) is 8.42 Å². The first-order chi connectivity index (χ1) is 6.85. The third-order valence-electron chi connectivity index (χ3n) is 2.08. The Morgan fingerprint density at radius 3 is 2.31 bits per heavy atom. The minimum Gasteiger partial charge on any atom is -0.748 e. The number of nitrogens with one attached hydrogen (secondary N) is 1. The average molecular weight is 262 g/mol. The van der Waals surface area contributed by atoms with E-state index in [1.54, 1.807) is 7.05 Å². The average Bonchev–Trinajstić information content (AvgIpc) is 2.08. The summed E-state index contributed by atoms with van der Waals surface area (Å²) in [6.07, 6.45) is 1.52. The number of hydrogen-bond acceptors (Lipinski definition) is 6. The molecule has 0 aromatic heterocycles. The van der Waals surface area contributed by atoms with Crippen molar-refractivity contribution in [3.05, 3.63) is 0 Å². The summed E-state index contributed by atoms with van der Waals surface area (Å²) < 4.78 is 31.1. The largest absolute Gasteiger partial charge is 1.00 e. The fourth-order valence-electron chi connectivity index (χ4n) is 1.23. The Kier molecular flexibility index (Phi) is 11.4. The Labute approximate surface area is 110 Å². The van der Waals surface area contributed by atoms with Gasteiger partial charge in [-0.2, -0.15) is 0 Å². The Bertz CT molecular complexity index is 262. The predicted octanol–water partition coefficient (Wildman–Crippen LogP) is -4.23. The topological polar surface area (TPSA) is 110 Å². The van der Waals surface area contributed by atoms with Gasteiger partial charge in [-0.1, -0.05) is 0 Å². The van der Waals surface area contributed by atoms with Crippen molar-refractivity contribution in [3.63, 3.8) is 0 Å². The zero-order valence-electron chi connectivity index (χ0n) is 9.64. The van der Waals surface area contributed by atoms with Crippen LogP contribution < -0.4 is 24.2 Å². The zero-order valence-corrected chi connectivity index (χ0v) is 11.5. The molecule has 0 fully saturated rings. The Morgan fingerprint density at radius 2 is 1.94 bits per heavy atom. The van der Waals surface area contributed by atoms with Crippen LogP contribution in [-0.2, 0) is 10.1 Å². The van der Waals surface area contributed by atoms with Crippen LogP contribution in [0.4, 0.5) is 0 Å². The van der Waals surface area contributed by atoms with Crippen molar-refractivity contribution < 1.29 is 41.4 Å². The fraction of sp³-hybridized carbons (Fsp3) is 1.00.